The average molecular weight is 623 g/mol. The van der Waals surface area contributed by atoms with Crippen molar-refractivity contribution in [3.63, 3.8) is 0 Å². The molecular weight excluding hydrogens is 592 g/mol. The monoisotopic (exact) mass is 622 g/mol. The quantitative estimate of drug-likeness (QED) is 0.159. The van der Waals surface area contributed by atoms with Gasteiger partial charge in [0, 0.05) is 6.07 Å². The Balaban J connectivity index is 1.24. The molecule has 0 aliphatic carbocycles. The van der Waals surface area contributed by atoms with Crippen molar-refractivity contribution in [1.82, 2.24) is 0 Å². The first-order chi connectivity index (χ1) is 21.1. The van der Waals surface area contributed by atoms with Crippen LogP contribution in [0.4, 0.5) is 0 Å². The highest BCUT2D eigenvalue weighted by Gasteiger charge is 2.46. The number of aliphatic hydroxyl groups is 6. The number of hydrogen-bond acceptors (Lipinski definition) is 16. The summed E-state index contributed by atoms with van der Waals surface area (Å²) in [6.07, 6.45) is -13.0. The van der Waals surface area contributed by atoms with E-state index in [2.05, 4.69) is 0 Å². The average Bonchev–Trinajstić information content (AvgIpc) is 3.49. The maximum absolute atomic E-state index is 13.6. The molecule has 238 valence electrons. The summed E-state index contributed by atoms with van der Waals surface area (Å²) < 4.78 is 43.6. The standard InChI is InChI=1S/C28H30O16/c1-37-17-2-10(3-18-26(17)42-9-41-18)12-6-38-15-5-13(29)16(4-11(15)20(12)31)43-28-25(36)23(34)22(33)19(44-28)8-40-27-24(35)21(32)14(30)7-39-27/h2-6,14,19,21-25,27-30,32-36H,7-9H2,1H3/t14-,19-,21+,22-,23+,24+,25-,27+,28-/m1/s1. The number of rotatable bonds is 7. The molecule has 1 aromatic heterocycles. The van der Waals surface area contributed by atoms with Crippen LogP contribution >= 0.6 is 0 Å². The maximum Gasteiger partial charge on any atom is 0.231 e. The molecule has 9 atom stereocenters. The van der Waals surface area contributed by atoms with Crippen LogP contribution in [0.15, 0.2) is 39.7 Å². The van der Waals surface area contributed by atoms with Crippen LogP contribution in [0.1, 0.15) is 0 Å². The summed E-state index contributed by atoms with van der Waals surface area (Å²) in [5.41, 5.74) is 0.0290. The third-order valence-electron chi connectivity index (χ3n) is 7.61. The molecule has 0 unspecified atom stereocenters. The van der Waals surface area contributed by atoms with E-state index in [0.717, 1.165) is 6.07 Å². The smallest absolute Gasteiger partial charge is 0.231 e. The molecule has 16 heteroatoms. The number of hydrogen-bond donors (Lipinski definition) is 7. The van der Waals surface area contributed by atoms with E-state index < -0.39 is 73.1 Å². The first-order valence-corrected chi connectivity index (χ1v) is 13.5. The highest BCUT2D eigenvalue weighted by molar-refractivity contribution is 5.85. The number of phenolic OH excluding ortho intramolecular Hbond substituents is 1. The van der Waals surface area contributed by atoms with Gasteiger partial charge in [0.05, 0.1) is 31.3 Å². The Morgan fingerprint density at radius 3 is 2.43 bits per heavy atom. The van der Waals surface area contributed by atoms with Crippen molar-refractivity contribution in [1.29, 1.82) is 0 Å². The van der Waals surface area contributed by atoms with Crippen LogP contribution in [0.3, 0.4) is 0 Å². The molecule has 16 nitrogen and oxygen atoms in total. The minimum atomic E-state index is -1.81. The summed E-state index contributed by atoms with van der Waals surface area (Å²) >= 11 is 0. The fourth-order valence-electron chi connectivity index (χ4n) is 5.12. The van der Waals surface area contributed by atoms with Crippen LogP contribution in [0, 0.1) is 0 Å². The van der Waals surface area contributed by atoms with Crippen molar-refractivity contribution >= 4 is 11.0 Å². The lowest BCUT2D eigenvalue weighted by Gasteiger charge is -2.41. The molecule has 7 N–H and O–H groups in total. The Morgan fingerprint density at radius 2 is 1.66 bits per heavy atom. The number of benzene rings is 2. The fraction of sp³-hybridized carbons (Fsp3) is 0.464. The molecule has 44 heavy (non-hydrogen) atoms. The summed E-state index contributed by atoms with van der Waals surface area (Å²) in [4.78, 5) is 13.6. The second-order valence-corrected chi connectivity index (χ2v) is 10.4. The van der Waals surface area contributed by atoms with E-state index in [4.69, 9.17) is 37.6 Å². The van der Waals surface area contributed by atoms with E-state index in [1.54, 1.807) is 12.1 Å². The van der Waals surface area contributed by atoms with Crippen LogP contribution in [0.25, 0.3) is 22.1 Å². The zero-order valence-corrected chi connectivity index (χ0v) is 23.0. The van der Waals surface area contributed by atoms with Gasteiger partial charge in [-0.15, -0.1) is 0 Å². The normalized spacial score (nSPS) is 31.7. The van der Waals surface area contributed by atoms with Gasteiger partial charge in [0.25, 0.3) is 0 Å². The first-order valence-electron chi connectivity index (χ1n) is 13.5. The first kappa shape index (κ1) is 30.3. The molecule has 4 heterocycles. The zero-order valence-electron chi connectivity index (χ0n) is 23.0. The van der Waals surface area contributed by atoms with Gasteiger partial charge in [-0.1, -0.05) is 0 Å². The van der Waals surface area contributed by atoms with Crippen molar-refractivity contribution in [2.24, 2.45) is 0 Å². The largest absolute Gasteiger partial charge is 0.504 e. The van der Waals surface area contributed by atoms with Crippen molar-refractivity contribution in [2.75, 3.05) is 27.1 Å². The maximum atomic E-state index is 13.6. The molecule has 0 bridgehead atoms. The predicted molar refractivity (Wildman–Crippen MR) is 143 cm³/mol. The van der Waals surface area contributed by atoms with Gasteiger partial charge >= 0.3 is 0 Å². The molecule has 2 aromatic carbocycles. The third-order valence-corrected chi connectivity index (χ3v) is 7.61. The lowest BCUT2D eigenvalue weighted by Crippen LogP contribution is -2.61. The predicted octanol–water partition coefficient (Wildman–Crippen LogP) is -1.46. The van der Waals surface area contributed by atoms with E-state index in [1.807, 2.05) is 0 Å². The van der Waals surface area contributed by atoms with Gasteiger partial charge in [0.2, 0.25) is 24.3 Å². The Labute approximate surface area is 247 Å². The molecular formula is C28H30O16. The second kappa shape index (κ2) is 12.0. The van der Waals surface area contributed by atoms with E-state index in [1.165, 1.54) is 19.4 Å². The molecule has 6 rings (SSSR count). The van der Waals surface area contributed by atoms with Gasteiger partial charge in [0.15, 0.2) is 29.3 Å². The molecule has 3 aliphatic heterocycles. The highest BCUT2D eigenvalue weighted by atomic mass is 16.7. The number of aromatic hydroxyl groups is 1. The lowest BCUT2D eigenvalue weighted by molar-refractivity contribution is -0.307. The third kappa shape index (κ3) is 5.40. The van der Waals surface area contributed by atoms with E-state index in [-0.39, 0.29) is 35.7 Å². The zero-order chi connectivity index (χ0) is 31.3. The second-order valence-electron chi connectivity index (χ2n) is 10.4. The SMILES string of the molecule is COc1cc(-c2coc3cc(O)c(O[C@@H]4O[C@H](CO[C@@H]5OC[C@@H](O)[C@H](O)[C@@H]5O)[C@@H](O)[C@H](O)[C@H]4O)cc3c2=O)cc2c1OCO2. The van der Waals surface area contributed by atoms with Crippen LogP contribution in [-0.4, -0.2) is 118 Å². The summed E-state index contributed by atoms with van der Waals surface area (Å²) in [5, 5.41) is 71.6. The summed E-state index contributed by atoms with van der Waals surface area (Å²) in [5.74, 6) is 0.289. The van der Waals surface area contributed by atoms with Crippen LogP contribution in [0.5, 0.6) is 28.7 Å². The van der Waals surface area contributed by atoms with Gasteiger partial charge in [0.1, 0.15) is 54.6 Å². The van der Waals surface area contributed by atoms with Crippen molar-refractivity contribution in [3.8, 4) is 39.9 Å². The summed E-state index contributed by atoms with van der Waals surface area (Å²) in [7, 11) is 1.44. The molecule has 3 aliphatic rings. The number of fused-ring (bicyclic) bond motifs is 2. The minimum Gasteiger partial charge on any atom is -0.504 e. The number of ether oxygens (including phenoxy) is 7. The van der Waals surface area contributed by atoms with Crippen molar-refractivity contribution in [2.45, 2.75) is 55.3 Å². The Morgan fingerprint density at radius 1 is 0.886 bits per heavy atom. The van der Waals surface area contributed by atoms with E-state index >= 15 is 0 Å². The van der Waals surface area contributed by atoms with E-state index in [9.17, 15) is 40.5 Å². The lowest BCUT2D eigenvalue weighted by atomic mass is 9.99. The number of methoxy groups -OCH3 is 1. The van der Waals surface area contributed by atoms with Crippen LogP contribution in [-0.2, 0) is 14.2 Å². The Hall–Kier alpha value is -3.71. The summed E-state index contributed by atoms with van der Waals surface area (Å²) in [6.45, 7) is -0.854. The van der Waals surface area contributed by atoms with Crippen molar-refractivity contribution < 1.29 is 73.3 Å². The minimum absolute atomic E-state index is 0.0121. The Bertz CT molecular complexity index is 1570. The molecule has 2 saturated heterocycles. The Kier molecular flexibility index (Phi) is 8.27. The van der Waals surface area contributed by atoms with Gasteiger partial charge in [-0.2, -0.15) is 0 Å². The molecule has 0 saturated carbocycles. The molecule has 3 aromatic rings. The van der Waals surface area contributed by atoms with Gasteiger partial charge in [-0.05, 0) is 23.8 Å². The molecule has 2 fully saturated rings. The van der Waals surface area contributed by atoms with Gasteiger partial charge in [-0.25, -0.2) is 0 Å². The fourth-order valence-corrected chi connectivity index (χ4v) is 5.12. The topological polar surface area (TPSA) is 236 Å². The molecule has 0 amide bonds. The van der Waals surface area contributed by atoms with Gasteiger partial charge < -0.3 is 73.3 Å². The number of aliphatic hydroxyl groups excluding tert-OH is 6. The molecule has 0 spiro atoms. The van der Waals surface area contributed by atoms with Crippen LogP contribution < -0.4 is 24.4 Å². The highest BCUT2D eigenvalue weighted by Crippen LogP contribution is 2.44. The van der Waals surface area contributed by atoms with Gasteiger partial charge in [-0.3, -0.25) is 4.79 Å². The van der Waals surface area contributed by atoms with Crippen LogP contribution in [0.2, 0.25) is 0 Å². The number of phenols is 1. The van der Waals surface area contributed by atoms with E-state index in [0.29, 0.717) is 22.8 Å². The summed E-state index contributed by atoms with van der Waals surface area (Å²) in [6, 6.07) is 5.45. The molecule has 0 radical (unpaired) electrons. The van der Waals surface area contributed by atoms with Crippen molar-refractivity contribution in [3.05, 3.63) is 40.8 Å².